The van der Waals surface area contributed by atoms with E-state index in [1.807, 2.05) is 55.5 Å². The van der Waals surface area contributed by atoms with E-state index in [2.05, 4.69) is 9.97 Å². The van der Waals surface area contributed by atoms with Crippen molar-refractivity contribution in [1.82, 2.24) is 9.97 Å². The highest BCUT2D eigenvalue weighted by molar-refractivity contribution is 5.87. The van der Waals surface area contributed by atoms with Crippen LogP contribution >= 0.6 is 0 Å². The van der Waals surface area contributed by atoms with Crippen LogP contribution in [0.2, 0.25) is 0 Å². The summed E-state index contributed by atoms with van der Waals surface area (Å²) < 4.78 is 5.38. The number of hydrogen-bond acceptors (Lipinski definition) is 3. The molecule has 0 aliphatic rings. The largest absolute Gasteiger partial charge is 0.494 e. The smallest absolute Gasteiger partial charge is 0.160 e. The first-order valence-corrected chi connectivity index (χ1v) is 6.16. The number of nitrogens with zero attached hydrogens (tertiary/aromatic N) is 2. The minimum absolute atomic E-state index is 0.732. The van der Waals surface area contributed by atoms with Crippen LogP contribution in [0, 0.1) is 6.92 Å². The molecule has 0 fully saturated rings. The summed E-state index contributed by atoms with van der Waals surface area (Å²) >= 11 is 0. The molecule has 0 aliphatic heterocycles. The van der Waals surface area contributed by atoms with Crippen molar-refractivity contribution in [2.24, 2.45) is 0 Å². The van der Waals surface area contributed by atoms with Crippen molar-refractivity contribution in [3.05, 3.63) is 54.2 Å². The van der Waals surface area contributed by atoms with Crippen LogP contribution in [0.1, 0.15) is 5.69 Å². The average molecular weight is 250 g/mol. The number of fused-ring (bicyclic) bond motifs is 1. The number of ether oxygens (including phenoxy) is 1. The minimum atomic E-state index is 0.732. The molecule has 0 N–H and O–H groups in total. The lowest BCUT2D eigenvalue weighted by molar-refractivity contribution is 0.419. The Balaban J connectivity index is 2.29. The first-order chi connectivity index (χ1) is 9.29. The lowest BCUT2D eigenvalue weighted by atomic mass is 10.1. The van der Waals surface area contributed by atoms with Gasteiger partial charge in [0.25, 0.3) is 0 Å². The molecule has 0 radical (unpaired) electrons. The highest BCUT2D eigenvalue weighted by Crippen LogP contribution is 2.27. The van der Waals surface area contributed by atoms with Gasteiger partial charge in [0.1, 0.15) is 11.3 Å². The molecule has 0 saturated carbocycles. The second kappa shape index (κ2) is 4.69. The highest BCUT2D eigenvalue weighted by atomic mass is 16.5. The average Bonchev–Trinajstić information content (AvgIpc) is 2.47. The van der Waals surface area contributed by atoms with Crippen molar-refractivity contribution in [2.45, 2.75) is 6.92 Å². The van der Waals surface area contributed by atoms with Gasteiger partial charge in [0.2, 0.25) is 0 Å². The topological polar surface area (TPSA) is 35.0 Å². The molecular weight excluding hydrogens is 236 g/mol. The Kier molecular flexibility index (Phi) is 2.88. The van der Waals surface area contributed by atoms with Gasteiger partial charge in [-0.15, -0.1) is 0 Å². The fourth-order valence-corrected chi connectivity index (χ4v) is 2.16. The Bertz CT molecular complexity index is 723. The van der Waals surface area contributed by atoms with E-state index in [-0.39, 0.29) is 0 Å². The number of aryl methyl sites for hydroxylation is 1. The van der Waals surface area contributed by atoms with Gasteiger partial charge in [-0.1, -0.05) is 42.5 Å². The van der Waals surface area contributed by atoms with Crippen LogP contribution in [0.25, 0.3) is 22.3 Å². The fraction of sp³-hybridized carbons (Fsp3) is 0.125. The maximum absolute atomic E-state index is 5.38. The van der Waals surface area contributed by atoms with Crippen molar-refractivity contribution in [3.8, 4) is 17.1 Å². The van der Waals surface area contributed by atoms with Gasteiger partial charge in [0.05, 0.1) is 7.11 Å². The van der Waals surface area contributed by atoms with E-state index in [0.717, 1.165) is 33.7 Å². The maximum atomic E-state index is 5.38. The molecule has 0 bridgehead atoms. The molecule has 19 heavy (non-hydrogen) atoms. The maximum Gasteiger partial charge on any atom is 0.160 e. The Labute approximate surface area is 111 Å². The molecule has 94 valence electrons. The lowest BCUT2D eigenvalue weighted by Gasteiger charge is -2.08. The molecule has 0 amide bonds. The first kappa shape index (κ1) is 11.7. The quantitative estimate of drug-likeness (QED) is 0.696. The van der Waals surface area contributed by atoms with Gasteiger partial charge in [-0.2, -0.15) is 0 Å². The van der Waals surface area contributed by atoms with Gasteiger partial charge in [0, 0.05) is 16.6 Å². The number of benzene rings is 2. The van der Waals surface area contributed by atoms with E-state index in [1.54, 1.807) is 7.11 Å². The second-order valence-electron chi connectivity index (χ2n) is 4.36. The van der Waals surface area contributed by atoms with Gasteiger partial charge in [-0.05, 0) is 13.0 Å². The first-order valence-electron chi connectivity index (χ1n) is 6.16. The van der Waals surface area contributed by atoms with Crippen LogP contribution in [0.3, 0.4) is 0 Å². The molecule has 0 saturated heterocycles. The van der Waals surface area contributed by atoms with Gasteiger partial charge in [-0.3, -0.25) is 0 Å². The zero-order chi connectivity index (χ0) is 13.2. The summed E-state index contributed by atoms with van der Waals surface area (Å²) in [6.45, 7) is 2.00. The summed E-state index contributed by atoms with van der Waals surface area (Å²) in [5, 5.41) is 1.03. The number of para-hydroxylation sites is 1. The van der Waals surface area contributed by atoms with Gasteiger partial charge in [-0.25, -0.2) is 9.97 Å². The summed E-state index contributed by atoms with van der Waals surface area (Å²) in [4.78, 5) is 9.22. The predicted molar refractivity (Wildman–Crippen MR) is 76.3 cm³/mol. The van der Waals surface area contributed by atoms with Crippen molar-refractivity contribution in [1.29, 1.82) is 0 Å². The molecular formula is C16H14N2O. The molecule has 0 unspecified atom stereocenters. The third-order valence-electron chi connectivity index (χ3n) is 3.13. The molecule has 0 aliphatic carbocycles. The molecule has 1 heterocycles. The summed E-state index contributed by atoms with van der Waals surface area (Å²) in [7, 11) is 1.66. The van der Waals surface area contributed by atoms with Crippen molar-refractivity contribution in [3.63, 3.8) is 0 Å². The molecule has 3 nitrogen and oxygen atoms in total. The van der Waals surface area contributed by atoms with Crippen molar-refractivity contribution in [2.75, 3.05) is 7.11 Å². The standard InChI is InChI=1S/C16H14N2O/c1-11-13-9-6-10-14(19-2)15(13)18-16(17-11)12-7-4-3-5-8-12/h3-10H,1-2H3. The summed E-state index contributed by atoms with van der Waals surface area (Å²) in [6.07, 6.45) is 0. The summed E-state index contributed by atoms with van der Waals surface area (Å²) in [5.41, 5.74) is 2.83. The monoisotopic (exact) mass is 250 g/mol. The Morgan fingerprint density at radius 1 is 0.895 bits per heavy atom. The van der Waals surface area contributed by atoms with Gasteiger partial charge >= 0.3 is 0 Å². The zero-order valence-electron chi connectivity index (χ0n) is 10.9. The molecule has 0 atom stereocenters. The third-order valence-corrected chi connectivity index (χ3v) is 3.13. The lowest BCUT2D eigenvalue weighted by Crippen LogP contribution is -1.96. The molecule has 3 heteroatoms. The molecule has 0 spiro atoms. The Hall–Kier alpha value is -2.42. The van der Waals surface area contributed by atoms with Gasteiger partial charge in [0.15, 0.2) is 5.82 Å². The van der Waals surface area contributed by atoms with E-state index in [4.69, 9.17) is 4.74 Å². The summed E-state index contributed by atoms with van der Waals surface area (Å²) in [5.74, 6) is 1.51. The highest BCUT2D eigenvalue weighted by Gasteiger charge is 2.09. The van der Waals surface area contributed by atoms with E-state index < -0.39 is 0 Å². The Morgan fingerprint density at radius 2 is 1.68 bits per heavy atom. The third kappa shape index (κ3) is 2.03. The van der Waals surface area contributed by atoms with E-state index in [0.29, 0.717) is 0 Å². The second-order valence-corrected chi connectivity index (χ2v) is 4.36. The summed E-state index contributed by atoms with van der Waals surface area (Å²) in [6, 6.07) is 15.9. The molecule has 1 aromatic heterocycles. The van der Waals surface area contributed by atoms with E-state index in [9.17, 15) is 0 Å². The zero-order valence-corrected chi connectivity index (χ0v) is 10.9. The van der Waals surface area contributed by atoms with Crippen LogP contribution in [0.15, 0.2) is 48.5 Å². The van der Waals surface area contributed by atoms with Crippen LogP contribution in [-0.2, 0) is 0 Å². The van der Waals surface area contributed by atoms with Crippen LogP contribution in [-0.4, -0.2) is 17.1 Å². The van der Waals surface area contributed by atoms with Crippen LogP contribution < -0.4 is 4.74 Å². The minimum Gasteiger partial charge on any atom is -0.494 e. The Morgan fingerprint density at radius 3 is 2.42 bits per heavy atom. The van der Waals surface area contributed by atoms with E-state index >= 15 is 0 Å². The van der Waals surface area contributed by atoms with E-state index in [1.165, 1.54) is 0 Å². The molecule has 2 aromatic carbocycles. The van der Waals surface area contributed by atoms with Crippen molar-refractivity contribution < 1.29 is 4.74 Å². The van der Waals surface area contributed by atoms with Crippen molar-refractivity contribution >= 4 is 10.9 Å². The van der Waals surface area contributed by atoms with Gasteiger partial charge < -0.3 is 4.74 Å². The number of rotatable bonds is 2. The molecule has 3 rings (SSSR count). The normalized spacial score (nSPS) is 10.6. The number of methoxy groups -OCH3 is 1. The van der Waals surface area contributed by atoms with Crippen LogP contribution in [0.4, 0.5) is 0 Å². The number of aromatic nitrogens is 2. The fourth-order valence-electron chi connectivity index (χ4n) is 2.16. The number of hydrogen-bond donors (Lipinski definition) is 0. The van der Waals surface area contributed by atoms with Crippen LogP contribution in [0.5, 0.6) is 5.75 Å². The predicted octanol–water partition coefficient (Wildman–Crippen LogP) is 3.61. The molecule has 3 aromatic rings. The SMILES string of the molecule is COc1cccc2c(C)nc(-c3ccccc3)nc12.